The van der Waals surface area contributed by atoms with Crippen molar-refractivity contribution in [3.8, 4) is 0 Å². The minimum atomic E-state index is 1.03. The van der Waals surface area contributed by atoms with Crippen molar-refractivity contribution in [1.82, 2.24) is 14.8 Å². The van der Waals surface area contributed by atoms with E-state index in [1.807, 2.05) is 12.1 Å². The van der Waals surface area contributed by atoms with E-state index in [1.165, 1.54) is 5.56 Å². The molecule has 0 radical (unpaired) electrons. The van der Waals surface area contributed by atoms with E-state index in [0.717, 1.165) is 11.9 Å². The summed E-state index contributed by atoms with van der Waals surface area (Å²) in [6.07, 6.45) is 4.57. The van der Waals surface area contributed by atoms with Gasteiger partial charge in [0.2, 0.25) is 0 Å². The Morgan fingerprint density at radius 1 is 1.27 bits per heavy atom. The SMILES string of the molecule is CCc1ccnn2nccc12. The van der Waals surface area contributed by atoms with Crippen LogP contribution in [0.5, 0.6) is 0 Å². The lowest BCUT2D eigenvalue weighted by molar-refractivity contribution is 0.792. The largest absolute Gasteiger partial charge is 0.159 e. The van der Waals surface area contributed by atoms with Crippen molar-refractivity contribution in [3.05, 3.63) is 30.1 Å². The van der Waals surface area contributed by atoms with Crippen molar-refractivity contribution in [2.24, 2.45) is 0 Å². The average molecular weight is 147 g/mol. The molecule has 0 bridgehead atoms. The third-order valence-corrected chi connectivity index (χ3v) is 1.79. The van der Waals surface area contributed by atoms with E-state index in [2.05, 4.69) is 17.1 Å². The summed E-state index contributed by atoms with van der Waals surface area (Å²) in [6, 6.07) is 4.00. The second kappa shape index (κ2) is 2.34. The predicted octanol–water partition coefficient (Wildman–Crippen LogP) is 1.29. The fourth-order valence-corrected chi connectivity index (χ4v) is 1.19. The van der Waals surface area contributed by atoms with Crippen molar-refractivity contribution in [3.63, 3.8) is 0 Å². The van der Waals surface area contributed by atoms with E-state index in [1.54, 1.807) is 17.0 Å². The van der Waals surface area contributed by atoms with Gasteiger partial charge in [-0.25, -0.2) is 0 Å². The minimum Gasteiger partial charge on any atom is -0.159 e. The number of hydrogen-bond donors (Lipinski definition) is 0. The minimum absolute atomic E-state index is 1.03. The molecule has 11 heavy (non-hydrogen) atoms. The molecule has 0 aliphatic carbocycles. The van der Waals surface area contributed by atoms with Crippen LogP contribution in [-0.4, -0.2) is 14.8 Å². The van der Waals surface area contributed by atoms with Crippen LogP contribution in [0.3, 0.4) is 0 Å². The highest BCUT2D eigenvalue weighted by Crippen LogP contribution is 2.07. The Kier molecular flexibility index (Phi) is 1.35. The van der Waals surface area contributed by atoms with E-state index in [-0.39, 0.29) is 0 Å². The first-order valence-corrected chi connectivity index (χ1v) is 3.69. The number of rotatable bonds is 1. The Morgan fingerprint density at radius 2 is 2.00 bits per heavy atom. The molecule has 2 aromatic rings. The fraction of sp³-hybridized carbons (Fsp3) is 0.250. The average Bonchev–Trinajstić information content (AvgIpc) is 2.50. The highest BCUT2D eigenvalue weighted by Gasteiger charge is 1.97. The number of aryl methyl sites for hydroxylation is 1. The number of fused-ring (bicyclic) bond motifs is 1. The molecule has 2 rings (SSSR count). The van der Waals surface area contributed by atoms with Gasteiger partial charge in [0.05, 0.1) is 11.7 Å². The third-order valence-electron chi connectivity index (χ3n) is 1.79. The molecule has 0 aliphatic rings. The summed E-state index contributed by atoms with van der Waals surface area (Å²) >= 11 is 0. The van der Waals surface area contributed by atoms with Gasteiger partial charge in [-0.3, -0.25) is 0 Å². The summed E-state index contributed by atoms with van der Waals surface area (Å²) < 4.78 is 1.65. The highest BCUT2D eigenvalue weighted by molar-refractivity contribution is 5.51. The molecule has 3 nitrogen and oxygen atoms in total. The van der Waals surface area contributed by atoms with Crippen molar-refractivity contribution < 1.29 is 0 Å². The van der Waals surface area contributed by atoms with Crippen LogP contribution in [0.15, 0.2) is 24.5 Å². The highest BCUT2D eigenvalue weighted by atomic mass is 15.4. The molecule has 0 atom stereocenters. The lowest BCUT2D eigenvalue weighted by Crippen LogP contribution is -1.94. The summed E-state index contributed by atoms with van der Waals surface area (Å²) in [6.45, 7) is 2.13. The van der Waals surface area contributed by atoms with E-state index in [4.69, 9.17) is 0 Å². The first kappa shape index (κ1) is 6.34. The van der Waals surface area contributed by atoms with E-state index in [9.17, 15) is 0 Å². The summed E-state index contributed by atoms with van der Waals surface area (Å²) in [4.78, 5) is 0. The predicted molar refractivity (Wildman–Crippen MR) is 42.4 cm³/mol. The smallest absolute Gasteiger partial charge is 0.0904 e. The molecule has 0 spiro atoms. The molecule has 0 aliphatic heterocycles. The number of aromatic nitrogens is 3. The lowest BCUT2D eigenvalue weighted by atomic mass is 10.2. The van der Waals surface area contributed by atoms with Gasteiger partial charge in [0.15, 0.2) is 0 Å². The standard InChI is InChI=1S/C8H9N3/c1-2-7-3-5-9-11-8(7)4-6-10-11/h3-6H,2H2,1H3. The molecule has 0 aromatic carbocycles. The van der Waals surface area contributed by atoms with Gasteiger partial charge in [0.1, 0.15) is 0 Å². The lowest BCUT2D eigenvalue weighted by Gasteiger charge is -1.96. The quantitative estimate of drug-likeness (QED) is 0.608. The fourth-order valence-electron chi connectivity index (χ4n) is 1.19. The Hall–Kier alpha value is -1.38. The second-order valence-corrected chi connectivity index (χ2v) is 2.42. The molecule has 56 valence electrons. The van der Waals surface area contributed by atoms with Gasteiger partial charge in [-0.15, -0.1) is 0 Å². The van der Waals surface area contributed by atoms with E-state index >= 15 is 0 Å². The zero-order valence-corrected chi connectivity index (χ0v) is 6.36. The molecule has 0 amide bonds. The van der Waals surface area contributed by atoms with Crippen LogP contribution in [0.1, 0.15) is 12.5 Å². The van der Waals surface area contributed by atoms with Gasteiger partial charge >= 0.3 is 0 Å². The number of hydrogen-bond acceptors (Lipinski definition) is 2. The molecule has 2 heterocycles. The Bertz CT molecular complexity index is 364. The zero-order valence-electron chi connectivity index (χ0n) is 6.36. The molecule has 3 heteroatoms. The van der Waals surface area contributed by atoms with Crippen LogP contribution >= 0.6 is 0 Å². The topological polar surface area (TPSA) is 30.2 Å². The van der Waals surface area contributed by atoms with Crippen LogP contribution in [0.25, 0.3) is 5.52 Å². The molecule has 0 N–H and O–H groups in total. The van der Waals surface area contributed by atoms with E-state index in [0.29, 0.717) is 0 Å². The zero-order chi connectivity index (χ0) is 7.68. The monoisotopic (exact) mass is 147 g/mol. The maximum Gasteiger partial charge on any atom is 0.0904 e. The molecule has 2 aromatic heterocycles. The van der Waals surface area contributed by atoms with Crippen LogP contribution in [0.4, 0.5) is 0 Å². The van der Waals surface area contributed by atoms with Crippen molar-refractivity contribution in [1.29, 1.82) is 0 Å². The van der Waals surface area contributed by atoms with Gasteiger partial charge in [0.25, 0.3) is 0 Å². The van der Waals surface area contributed by atoms with E-state index < -0.39 is 0 Å². The molecular formula is C8H9N3. The molecule has 0 unspecified atom stereocenters. The molecule has 0 fully saturated rings. The Morgan fingerprint density at radius 3 is 2.73 bits per heavy atom. The van der Waals surface area contributed by atoms with Gasteiger partial charge in [-0.1, -0.05) is 6.92 Å². The first-order chi connectivity index (χ1) is 5.42. The van der Waals surface area contributed by atoms with Crippen molar-refractivity contribution in [2.45, 2.75) is 13.3 Å². The normalized spacial score (nSPS) is 10.6. The first-order valence-electron chi connectivity index (χ1n) is 3.69. The van der Waals surface area contributed by atoms with Gasteiger partial charge in [-0.2, -0.15) is 14.8 Å². The molecular weight excluding hydrogens is 138 g/mol. The Balaban J connectivity index is 2.79. The van der Waals surface area contributed by atoms with Crippen LogP contribution in [0, 0.1) is 0 Å². The van der Waals surface area contributed by atoms with Crippen LogP contribution in [0.2, 0.25) is 0 Å². The summed E-state index contributed by atoms with van der Waals surface area (Å²) in [5.74, 6) is 0. The van der Waals surface area contributed by atoms with Gasteiger partial charge < -0.3 is 0 Å². The van der Waals surface area contributed by atoms with Crippen molar-refractivity contribution in [2.75, 3.05) is 0 Å². The molecule has 0 saturated carbocycles. The summed E-state index contributed by atoms with van der Waals surface area (Å²) in [7, 11) is 0. The summed E-state index contributed by atoms with van der Waals surface area (Å²) in [5, 5.41) is 8.09. The second-order valence-electron chi connectivity index (χ2n) is 2.42. The van der Waals surface area contributed by atoms with Gasteiger partial charge in [-0.05, 0) is 24.1 Å². The van der Waals surface area contributed by atoms with Crippen LogP contribution in [-0.2, 0) is 6.42 Å². The molecule has 0 saturated heterocycles. The third kappa shape index (κ3) is 0.888. The maximum atomic E-state index is 4.06. The Labute approximate surface area is 64.7 Å². The van der Waals surface area contributed by atoms with Gasteiger partial charge in [0, 0.05) is 6.20 Å². The summed E-state index contributed by atoms with van der Waals surface area (Å²) in [5.41, 5.74) is 2.40. The maximum absolute atomic E-state index is 4.06. The van der Waals surface area contributed by atoms with Crippen molar-refractivity contribution >= 4 is 5.52 Å². The van der Waals surface area contributed by atoms with Crippen LogP contribution < -0.4 is 0 Å². The number of nitrogens with zero attached hydrogens (tertiary/aromatic N) is 3.